The van der Waals surface area contributed by atoms with Crippen molar-refractivity contribution >= 4 is 39.6 Å². The number of hydrogen-bond acceptors (Lipinski definition) is 6. The number of amidine groups is 1. The molecule has 2 aliphatic rings. The molecule has 1 spiro atoms. The van der Waals surface area contributed by atoms with E-state index in [4.69, 9.17) is 17.0 Å². The van der Waals surface area contributed by atoms with Crippen molar-refractivity contribution in [3.05, 3.63) is 58.6 Å². The third-order valence-electron chi connectivity index (χ3n) is 6.17. The molecule has 1 aromatic heterocycles. The SMILES string of the molecule is CN1CCC2(C1)C(=N)N[C@](C)(c1cc(NC(=O)c3ccc(Cl)cn3)ccc1F)CS2(O)O. The number of rotatable bonds is 3. The molecule has 1 amide bonds. The van der Waals surface area contributed by atoms with E-state index in [-0.39, 0.29) is 22.8 Å². The number of benzene rings is 1. The Balaban J connectivity index is 1.63. The molecule has 0 bridgehead atoms. The quantitative estimate of drug-likeness (QED) is 0.455. The number of carbonyl (C=O) groups excluding carboxylic acids is 1. The molecule has 2 atom stereocenters. The first-order chi connectivity index (χ1) is 15.0. The third kappa shape index (κ3) is 3.86. The Morgan fingerprint density at radius 2 is 2.12 bits per heavy atom. The minimum Gasteiger partial charge on any atom is -0.361 e. The summed E-state index contributed by atoms with van der Waals surface area (Å²) in [4.78, 5) is 18.4. The molecule has 4 rings (SSSR count). The highest BCUT2D eigenvalue weighted by molar-refractivity contribution is 8.26. The van der Waals surface area contributed by atoms with Crippen LogP contribution in [0.4, 0.5) is 10.1 Å². The molecule has 3 heterocycles. The number of pyridine rings is 1. The van der Waals surface area contributed by atoms with E-state index in [1.807, 2.05) is 11.9 Å². The summed E-state index contributed by atoms with van der Waals surface area (Å²) in [6.07, 6.45) is 1.80. The van der Waals surface area contributed by atoms with E-state index in [2.05, 4.69) is 15.6 Å². The Morgan fingerprint density at radius 3 is 2.72 bits per heavy atom. The van der Waals surface area contributed by atoms with E-state index in [0.717, 1.165) is 0 Å². The van der Waals surface area contributed by atoms with E-state index in [1.54, 1.807) is 13.0 Å². The largest absolute Gasteiger partial charge is 0.361 e. The first-order valence-corrected chi connectivity index (χ1v) is 12.1. The molecule has 8 nitrogen and oxygen atoms in total. The number of aromatic nitrogens is 1. The lowest BCUT2D eigenvalue weighted by atomic mass is 9.90. The second kappa shape index (κ2) is 7.96. The molecule has 0 saturated carbocycles. The van der Waals surface area contributed by atoms with Crippen molar-refractivity contribution < 1.29 is 18.3 Å². The lowest BCUT2D eigenvalue weighted by Crippen LogP contribution is -2.64. The van der Waals surface area contributed by atoms with E-state index in [1.165, 1.54) is 30.5 Å². The van der Waals surface area contributed by atoms with Crippen LogP contribution < -0.4 is 10.6 Å². The summed E-state index contributed by atoms with van der Waals surface area (Å²) in [5, 5.41) is 14.7. The second-order valence-electron chi connectivity index (χ2n) is 8.64. The summed E-state index contributed by atoms with van der Waals surface area (Å²) in [5.74, 6) is -1.23. The highest BCUT2D eigenvalue weighted by Crippen LogP contribution is 2.61. The zero-order valence-corrected chi connectivity index (χ0v) is 19.2. The Kier molecular flexibility index (Phi) is 5.71. The fraction of sp³-hybridized carbons (Fsp3) is 0.381. The van der Waals surface area contributed by atoms with Crippen molar-refractivity contribution in [1.29, 1.82) is 5.41 Å². The Bertz CT molecular complexity index is 1090. The van der Waals surface area contributed by atoms with Crippen LogP contribution in [-0.4, -0.2) is 61.4 Å². The number of anilines is 1. The maximum atomic E-state index is 14.9. The number of likely N-dealkylation sites (tertiary alicyclic amines) is 1. The number of hydrogen-bond donors (Lipinski definition) is 5. The summed E-state index contributed by atoms with van der Waals surface area (Å²) in [6, 6.07) is 7.07. The van der Waals surface area contributed by atoms with Crippen molar-refractivity contribution in [2.45, 2.75) is 23.6 Å². The first-order valence-electron chi connectivity index (χ1n) is 10.00. The molecule has 2 aliphatic heterocycles. The molecule has 0 aliphatic carbocycles. The van der Waals surface area contributed by atoms with Gasteiger partial charge in [-0.05, 0) is 50.7 Å². The van der Waals surface area contributed by atoms with Gasteiger partial charge in [0.25, 0.3) is 5.91 Å². The van der Waals surface area contributed by atoms with E-state index >= 15 is 0 Å². The molecule has 2 saturated heterocycles. The maximum Gasteiger partial charge on any atom is 0.274 e. The highest BCUT2D eigenvalue weighted by atomic mass is 35.5. The summed E-state index contributed by atoms with van der Waals surface area (Å²) in [7, 11) is -1.40. The zero-order valence-electron chi connectivity index (χ0n) is 17.7. The Hall–Kier alpha value is -2.24. The summed E-state index contributed by atoms with van der Waals surface area (Å²) < 4.78 is 36.0. The van der Waals surface area contributed by atoms with Gasteiger partial charge >= 0.3 is 0 Å². The second-order valence-corrected chi connectivity index (χ2v) is 11.5. The smallest absolute Gasteiger partial charge is 0.274 e. The normalized spacial score (nSPS) is 28.4. The summed E-state index contributed by atoms with van der Waals surface area (Å²) in [6.45, 7) is 2.63. The van der Waals surface area contributed by atoms with Crippen LogP contribution in [0, 0.1) is 11.2 Å². The van der Waals surface area contributed by atoms with Gasteiger partial charge in [0.05, 0.1) is 16.3 Å². The molecule has 1 aromatic carbocycles. The minimum atomic E-state index is -3.27. The predicted molar refractivity (Wildman–Crippen MR) is 124 cm³/mol. The van der Waals surface area contributed by atoms with Gasteiger partial charge in [-0.2, -0.15) is 10.6 Å². The van der Waals surface area contributed by atoms with Crippen LogP contribution in [0.1, 0.15) is 29.4 Å². The summed E-state index contributed by atoms with van der Waals surface area (Å²) in [5.41, 5.74) is -0.656. The van der Waals surface area contributed by atoms with Gasteiger partial charge in [-0.1, -0.05) is 11.6 Å². The number of nitrogens with zero attached hydrogens (tertiary/aromatic N) is 2. The summed E-state index contributed by atoms with van der Waals surface area (Å²) >= 11 is 5.80. The van der Waals surface area contributed by atoms with Gasteiger partial charge in [-0.15, -0.1) is 0 Å². The van der Waals surface area contributed by atoms with Gasteiger partial charge < -0.3 is 15.5 Å². The van der Waals surface area contributed by atoms with Gasteiger partial charge in [0.15, 0.2) is 0 Å². The van der Waals surface area contributed by atoms with Crippen LogP contribution in [0.2, 0.25) is 5.02 Å². The number of carbonyl (C=O) groups is 1. The molecule has 5 N–H and O–H groups in total. The Morgan fingerprint density at radius 1 is 1.38 bits per heavy atom. The molecule has 11 heteroatoms. The molecular weight excluding hydrogens is 457 g/mol. The molecule has 172 valence electrons. The van der Waals surface area contributed by atoms with Crippen LogP contribution in [0.3, 0.4) is 0 Å². The van der Waals surface area contributed by atoms with Crippen molar-refractivity contribution in [1.82, 2.24) is 15.2 Å². The fourth-order valence-corrected chi connectivity index (χ4v) is 7.09. The number of nitrogens with one attached hydrogen (secondary N) is 3. The lowest BCUT2D eigenvalue weighted by molar-refractivity contribution is 0.102. The Labute approximate surface area is 192 Å². The van der Waals surface area contributed by atoms with Crippen molar-refractivity contribution in [3.8, 4) is 0 Å². The van der Waals surface area contributed by atoms with Gasteiger partial charge in [0.1, 0.15) is 22.1 Å². The van der Waals surface area contributed by atoms with Crippen LogP contribution in [0.25, 0.3) is 0 Å². The van der Waals surface area contributed by atoms with Gasteiger partial charge in [0, 0.05) is 30.5 Å². The van der Waals surface area contributed by atoms with Crippen molar-refractivity contribution in [2.24, 2.45) is 0 Å². The van der Waals surface area contributed by atoms with E-state index < -0.39 is 32.6 Å². The first kappa shape index (κ1) is 22.9. The number of halogens is 2. The molecule has 0 radical (unpaired) electrons. The van der Waals surface area contributed by atoms with E-state index in [0.29, 0.717) is 30.2 Å². The monoisotopic (exact) mass is 481 g/mol. The zero-order chi connectivity index (χ0) is 23.3. The van der Waals surface area contributed by atoms with Crippen molar-refractivity contribution in [3.63, 3.8) is 0 Å². The van der Waals surface area contributed by atoms with Gasteiger partial charge in [-0.25, -0.2) is 9.37 Å². The fourth-order valence-electron chi connectivity index (χ4n) is 4.44. The lowest BCUT2D eigenvalue weighted by Gasteiger charge is -2.57. The topological polar surface area (TPSA) is 122 Å². The van der Waals surface area contributed by atoms with E-state index in [9.17, 15) is 18.3 Å². The standard InChI is InChI=1S/C21H25ClFN5O3S/c1-20(12-32(30,31)21(19(24)27-20)7-8-28(2)11-21)15-9-14(4-5-16(15)23)26-18(29)17-6-3-13(22)10-25-17/h3-6,9-10,30-31H,7-8,11-12H2,1-2H3,(H2,24,27)(H,26,29)/t20-,21?/m0/s1. The van der Waals surface area contributed by atoms with Crippen molar-refractivity contribution in [2.75, 3.05) is 31.2 Å². The minimum absolute atomic E-state index is 0.00481. The average Bonchev–Trinajstić information content (AvgIpc) is 3.12. The van der Waals surface area contributed by atoms with Crippen LogP contribution >= 0.6 is 22.2 Å². The number of amides is 1. The van der Waals surface area contributed by atoms with Crippen LogP contribution in [0.5, 0.6) is 0 Å². The molecule has 2 fully saturated rings. The molecular formula is C21H25ClFN5O3S. The molecule has 2 aromatic rings. The van der Waals surface area contributed by atoms with Gasteiger partial charge in [0.2, 0.25) is 0 Å². The van der Waals surface area contributed by atoms with Crippen LogP contribution in [0.15, 0.2) is 36.5 Å². The molecule has 32 heavy (non-hydrogen) atoms. The third-order valence-corrected chi connectivity index (χ3v) is 9.17. The maximum absolute atomic E-state index is 14.9. The van der Waals surface area contributed by atoms with Crippen LogP contribution in [-0.2, 0) is 5.54 Å². The average molecular weight is 482 g/mol. The highest BCUT2D eigenvalue weighted by Gasteiger charge is 2.58. The molecule has 1 unspecified atom stereocenters. The predicted octanol–water partition coefficient (Wildman–Crippen LogP) is 3.75. The van der Waals surface area contributed by atoms with Gasteiger partial charge in [-0.3, -0.25) is 19.3 Å².